The van der Waals surface area contributed by atoms with Gasteiger partial charge in [0.2, 0.25) is 0 Å². The van der Waals surface area contributed by atoms with Crippen molar-refractivity contribution >= 4 is 38.3 Å². The number of hydrogen-bond donors (Lipinski definition) is 2. The third kappa shape index (κ3) is 23.8. The predicted molar refractivity (Wildman–Crippen MR) is 66.2 cm³/mol. The first-order valence-electron chi connectivity index (χ1n) is 4.99. The second-order valence-corrected chi connectivity index (χ2v) is 5.03. The van der Waals surface area contributed by atoms with Gasteiger partial charge in [-0.25, -0.2) is 0 Å². The summed E-state index contributed by atoms with van der Waals surface area (Å²) in [7, 11) is -4.67. The normalized spacial score (nSPS) is 10.6. The van der Waals surface area contributed by atoms with E-state index in [1.807, 2.05) is 12.2 Å². The summed E-state index contributed by atoms with van der Waals surface area (Å²) in [5.41, 5.74) is 0. The zero-order chi connectivity index (χ0) is 13.0. The summed E-state index contributed by atoms with van der Waals surface area (Å²) in [4.78, 5) is 2.36. The van der Waals surface area contributed by atoms with Crippen LogP contribution in [0.1, 0.15) is 6.42 Å². The van der Waals surface area contributed by atoms with E-state index >= 15 is 0 Å². The summed E-state index contributed by atoms with van der Waals surface area (Å²) in [6.45, 7) is 10.6. The second kappa shape index (κ2) is 11.8. The van der Waals surface area contributed by atoms with Crippen molar-refractivity contribution in [3.05, 3.63) is 25.3 Å². The van der Waals surface area contributed by atoms with Gasteiger partial charge in [-0.2, -0.15) is 8.42 Å². The van der Waals surface area contributed by atoms with Crippen molar-refractivity contribution < 1.29 is 17.5 Å². The Labute approximate surface area is 115 Å². The maximum absolute atomic E-state index is 8.74. The van der Waals surface area contributed by atoms with Crippen LogP contribution in [0.2, 0.25) is 3.67 Å². The molecule has 0 fully saturated rings. The van der Waals surface area contributed by atoms with Crippen LogP contribution >= 0.6 is 0 Å². The van der Waals surface area contributed by atoms with E-state index in [9.17, 15) is 0 Å². The maximum Gasteiger partial charge on any atom is 0.394 e. The Bertz CT molecular complexity index is 261. The van der Waals surface area contributed by atoms with Crippen molar-refractivity contribution in [1.82, 2.24) is 4.90 Å². The second-order valence-electron chi connectivity index (χ2n) is 3.14. The fraction of sp³-hybridized carbons (Fsp3) is 0.556. The molecular weight excluding hydrogens is 241 g/mol. The van der Waals surface area contributed by atoms with Gasteiger partial charge in [0.15, 0.2) is 0 Å². The molecule has 0 aromatic carbocycles. The molecule has 2 N–H and O–H groups in total. The topological polar surface area (TPSA) is 77.8 Å². The van der Waals surface area contributed by atoms with Crippen molar-refractivity contribution in [3.63, 3.8) is 0 Å². The van der Waals surface area contributed by atoms with Crippen molar-refractivity contribution in [2.45, 2.75) is 10.1 Å². The molecule has 0 aromatic rings. The number of rotatable bonds is 7. The quantitative estimate of drug-likeness (QED) is 0.405. The van der Waals surface area contributed by atoms with Crippen LogP contribution in [0.25, 0.3) is 0 Å². The Kier molecular flexibility index (Phi) is 13.8. The van der Waals surface area contributed by atoms with Gasteiger partial charge >= 0.3 is 98.3 Å². The van der Waals surface area contributed by atoms with Crippen molar-refractivity contribution in [2.75, 3.05) is 19.6 Å². The van der Waals surface area contributed by atoms with Crippen molar-refractivity contribution in [1.29, 1.82) is 0 Å². The Morgan fingerprint density at radius 3 is 1.81 bits per heavy atom. The van der Waals surface area contributed by atoms with Crippen LogP contribution in [0.5, 0.6) is 0 Å². The summed E-state index contributed by atoms with van der Waals surface area (Å²) in [6, 6.07) is 0. The molecule has 5 nitrogen and oxygen atoms in total. The third-order valence-corrected chi connectivity index (χ3v) is 2.31. The van der Waals surface area contributed by atoms with Gasteiger partial charge in [-0.1, -0.05) is 0 Å². The first-order chi connectivity index (χ1) is 7.35. The molecule has 0 heterocycles. The van der Waals surface area contributed by atoms with Gasteiger partial charge in [0, 0.05) is 0 Å². The molecule has 16 heavy (non-hydrogen) atoms. The largest absolute Gasteiger partial charge is 0.394 e. The van der Waals surface area contributed by atoms with Crippen LogP contribution in [-0.4, -0.2) is 70.0 Å². The Balaban J connectivity index is 0. The molecule has 0 spiro atoms. The zero-order valence-corrected chi connectivity index (χ0v) is 12.5. The Hall–Kier alpha value is 0.310. The van der Waals surface area contributed by atoms with E-state index in [4.69, 9.17) is 17.5 Å². The van der Waals surface area contributed by atoms with Gasteiger partial charge in [0.1, 0.15) is 0 Å². The maximum atomic E-state index is 8.74. The van der Waals surface area contributed by atoms with E-state index in [0.29, 0.717) is 0 Å². The molecular formula is C9H18NNaO4S. The average molecular weight is 259 g/mol. The molecule has 0 aliphatic rings. The molecule has 0 atom stereocenters. The summed E-state index contributed by atoms with van der Waals surface area (Å²) in [6.07, 6.45) is 5.24. The van der Waals surface area contributed by atoms with Gasteiger partial charge in [-0.05, 0) is 0 Å². The molecule has 7 heteroatoms. The Morgan fingerprint density at radius 1 is 1.19 bits per heavy atom. The van der Waals surface area contributed by atoms with E-state index in [1.165, 1.54) is 44.6 Å². The van der Waals surface area contributed by atoms with E-state index in [2.05, 4.69) is 18.1 Å². The number of hydrogen-bond acceptors (Lipinski definition) is 3. The smallest absolute Gasteiger partial charge is 0.264 e. The molecule has 0 unspecified atom stereocenters. The van der Waals surface area contributed by atoms with E-state index < -0.39 is 10.4 Å². The Morgan fingerprint density at radius 2 is 1.56 bits per heavy atom. The zero-order valence-electron chi connectivity index (χ0n) is 9.67. The van der Waals surface area contributed by atoms with Crippen LogP contribution < -0.4 is 0 Å². The number of nitrogens with zero attached hydrogens (tertiary/aromatic N) is 1. The van der Waals surface area contributed by atoms with Crippen LogP contribution in [-0.2, 0) is 10.4 Å². The minimum atomic E-state index is -4.67. The molecule has 0 bridgehead atoms. The van der Waals surface area contributed by atoms with Gasteiger partial charge in [0.05, 0.1) is 0 Å². The standard InChI is InChI=1S/C9H16N.Na.H2O4S/c1-4-7-10(8-5-2)9-6-3;;1-5(2,3)4/h4-5H,1-3,6-9H2;;(H2,1,2,3,4). The van der Waals surface area contributed by atoms with Crippen LogP contribution in [0.4, 0.5) is 0 Å². The summed E-state index contributed by atoms with van der Waals surface area (Å²) in [5.74, 6) is 0. The fourth-order valence-corrected chi connectivity index (χ4v) is 1.32. The van der Waals surface area contributed by atoms with E-state index in [0.717, 1.165) is 13.1 Å². The SMILES string of the molecule is C=CCN(CC=C)CC[CH2][Na].O=S(=O)(O)O. The average Bonchev–Trinajstić information content (AvgIpc) is 2.12. The van der Waals surface area contributed by atoms with E-state index in [1.54, 1.807) is 0 Å². The van der Waals surface area contributed by atoms with Crippen LogP contribution in [0, 0.1) is 0 Å². The molecule has 0 amide bonds. The minimum Gasteiger partial charge on any atom is -0.264 e. The van der Waals surface area contributed by atoms with Crippen molar-refractivity contribution in [2.24, 2.45) is 0 Å². The van der Waals surface area contributed by atoms with Gasteiger partial charge in [0.25, 0.3) is 0 Å². The molecule has 0 aliphatic heterocycles. The summed E-state index contributed by atoms with van der Waals surface area (Å²) < 4.78 is 33.0. The molecule has 0 aliphatic carbocycles. The molecule has 0 saturated carbocycles. The monoisotopic (exact) mass is 259 g/mol. The van der Waals surface area contributed by atoms with Gasteiger partial charge in [-0.15, -0.1) is 0 Å². The first kappa shape index (κ1) is 18.7. The van der Waals surface area contributed by atoms with Crippen molar-refractivity contribution in [3.8, 4) is 0 Å². The van der Waals surface area contributed by atoms with Crippen LogP contribution in [0.3, 0.4) is 0 Å². The first-order valence-corrected chi connectivity index (χ1v) is 7.80. The predicted octanol–water partition coefficient (Wildman–Crippen LogP) is 0.985. The molecule has 0 rings (SSSR count). The molecule has 0 radical (unpaired) electrons. The van der Waals surface area contributed by atoms with Gasteiger partial charge in [-0.3, -0.25) is 9.11 Å². The van der Waals surface area contributed by atoms with Gasteiger partial charge < -0.3 is 0 Å². The molecule has 0 aromatic heterocycles. The molecule has 90 valence electrons. The third-order valence-electron chi connectivity index (χ3n) is 1.60. The van der Waals surface area contributed by atoms with E-state index in [-0.39, 0.29) is 0 Å². The van der Waals surface area contributed by atoms with Crippen LogP contribution in [0.15, 0.2) is 25.3 Å². The fourth-order valence-electron chi connectivity index (χ4n) is 1.00. The summed E-state index contributed by atoms with van der Waals surface area (Å²) in [5, 5.41) is 0. The molecule has 0 saturated heterocycles. The summed E-state index contributed by atoms with van der Waals surface area (Å²) >= 11 is 1.32. The minimum absolute atomic E-state index is 0.994.